The highest BCUT2D eigenvalue weighted by Gasteiger charge is 2.33. The first kappa shape index (κ1) is 23.8. The zero-order valence-electron chi connectivity index (χ0n) is 19.7. The average Bonchev–Trinajstić information content (AvgIpc) is 3.26. The Labute approximate surface area is 197 Å². The van der Waals surface area contributed by atoms with Crippen molar-refractivity contribution in [3.05, 3.63) is 70.8 Å². The van der Waals surface area contributed by atoms with Crippen molar-refractivity contribution in [2.45, 2.75) is 53.3 Å². The fraction of sp³-hybridized carbons (Fsp3) is 0.333. The van der Waals surface area contributed by atoms with Gasteiger partial charge in [0.05, 0.1) is 5.56 Å². The van der Waals surface area contributed by atoms with E-state index in [1.807, 2.05) is 24.3 Å². The number of hydrogen-bond donors (Lipinski definition) is 0. The van der Waals surface area contributed by atoms with Gasteiger partial charge in [-0.25, -0.2) is 0 Å². The number of rotatable bonds is 5. The van der Waals surface area contributed by atoms with Gasteiger partial charge in [0.25, 0.3) is 5.89 Å². The molecule has 1 aromatic heterocycles. The van der Waals surface area contributed by atoms with Gasteiger partial charge in [-0.3, -0.25) is 0 Å². The third kappa shape index (κ3) is 5.08. The Hall–Kier alpha value is -3.35. The van der Waals surface area contributed by atoms with E-state index in [1.54, 1.807) is 6.07 Å². The van der Waals surface area contributed by atoms with Gasteiger partial charge in [-0.1, -0.05) is 74.0 Å². The van der Waals surface area contributed by atoms with E-state index >= 15 is 0 Å². The van der Waals surface area contributed by atoms with Crippen molar-refractivity contribution in [2.75, 3.05) is 0 Å². The van der Waals surface area contributed by atoms with Crippen LogP contribution in [0.3, 0.4) is 0 Å². The number of alkyl halides is 3. The summed E-state index contributed by atoms with van der Waals surface area (Å²) in [5, 5.41) is 3.95. The molecule has 0 saturated heterocycles. The van der Waals surface area contributed by atoms with E-state index in [0.29, 0.717) is 11.4 Å². The van der Waals surface area contributed by atoms with Crippen LogP contribution in [0.1, 0.15) is 52.5 Å². The normalized spacial score (nSPS) is 17.3. The van der Waals surface area contributed by atoms with Crippen molar-refractivity contribution >= 4 is 6.08 Å². The minimum atomic E-state index is -4.82. The third-order valence-corrected chi connectivity index (χ3v) is 6.40. The number of nitrogens with zero attached hydrogens (tertiary/aromatic N) is 2. The van der Waals surface area contributed by atoms with Crippen LogP contribution in [0.2, 0.25) is 0 Å². The van der Waals surface area contributed by atoms with Gasteiger partial charge in [0, 0.05) is 5.56 Å². The molecule has 0 unspecified atom stereocenters. The highest BCUT2D eigenvalue weighted by Crippen LogP contribution is 2.44. The molecule has 1 heterocycles. The van der Waals surface area contributed by atoms with Gasteiger partial charge >= 0.3 is 6.36 Å². The molecule has 4 nitrogen and oxygen atoms in total. The number of benzene rings is 2. The van der Waals surface area contributed by atoms with Gasteiger partial charge in [0.1, 0.15) is 5.75 Å². The van der Waals surface area contributed by atoms with Crippen LogP contribution in [-0.4, -0.2) is 16.5 Å². The van der Waals surface area contributed by atoms with Gasteiger partial charge in [-0.2, -0.15) is 4.98 Å². The molecule has 4 rings (SSSR count). The highest BCUT2D eigenvalue weighted by atomic mass is 19.4. The fourth-order valence-corrected chi connectivity index (χ4v) is 4.65. The SMILES string of the molecule is CCC1=C(C)/C(=C/c2ccc(-c3noc(-c4ccccc4OC(F)(F)F)n3)cc2)CCC1(C)C. The maximum atomic E-state index is 12.7. The predicted molar refractivity (Wildman–Crippen MR) is 126 cm³/mol. The molecule has 0 aliphatic heterocycles. The van der Waals surface area contributed by atoms with E-state index in [9.17, 15) is 13.2 Å². The summed E-state index contributed by atoms with van der Waals surface area (Å²) >= 11 is 0. The first-order valence-electron chi connectivity index (χ1n) is 11.3. The molecule has 2 aromatic carbocycles. The monoisotopic (exact) mass is 468 g/mol. The van der Waals surface area contributed by atoms with E-state index in [2.05, 4.69) is 48.6 Å². The van der Waals surface area contributed by atoms with Gasteiger partial charge in [0.2, 0.25) is 5.82 Å². The molecule has 1 aliphatic rings. The third-order valence-electron chi connectivity index (χ3n) is 6.40. The molecule has 0 atom stereocenters. The van der Waals surface area contributed by atoms with Crippen molar-refractivity contribution in [1.29, 1.82) is 0 Å². The van der Waals surface area contributed by atoms with Crippen LogP contribution in [-0.2, 0) is 0 Å². The highest BCUT2D eigenvalue weighted by molar-refractivity contribution is 5.67. The lowest BCUT2D eigenvalue weighted by atomic mass is 9.70. The first-order valence-corrected chi connectivity index (χ1v) is 11.3. The van der Waals surface area contributed by atoms with E-state index in [0.717, 1.165) is 24.8 Å². The summed E-state index contributed by atoms with van der Waals surface area (Å²) in [6.45, 7) is 9.05. The summed E-state index contributed by atoms with van der Waals surface area (Å²) in [4.78, 5) is 4.29. The van der Waals surface area contributed by atoms with Crippen LogP contribution < -0.4 is 4.74 Å². The molecule has 0 spiro atoms. The number of ether oxygens (including phenoxy) is 1. The molecule has 178 valence electrons. The van der Waals surface area contributed by atoms with Crippen LogP contribution in [0.15, 0.2) is 69.8 Å². The molecule has 0 fully saturated rings. The largest absolute Gasteiger partial charge is 0.573 e. The molecular weight excluding hydrogens is 441 g/mol. The maximum Gasteiger partial charge on any atom is 0.573 e. The standard InChI is InChI=1S/C27H27F3N2O2/c1-5-22-17(2)20(14-15-26(22,3)4)16-18-10-12-19(13-11-18)24-31-25(34-32-24)21-8-6-7-9-23(21)33-27(28,29)30/h6-13,16H,5,14-15H2,1-4H3/b20-16+. The van der Waals surface area contributed by atoms with E-state index < -0.39 is 12.1 Å². The summed E-state index contributed by atoms with van der Waals surface area (Å²) in [6, 6.07) is 13.4. The molecule has 0 saturated carbocycles. The lowest BCUT2D eigenvalue weighted by Crippen LogP contribution is -2.21. The zero-order chi connectivity index (χ0) is 24.5. The Kier molecular flexibility index (Phi) is 6.39. The minimum Gasteiger partial charge on any atom is -0.405 e. The maximum absolute atomic E-state index is 12.7. The topological polar surface area (TPSA) is 48.2 Å². The van der Waals surface area contributed by atoms with Crippen molar-refractivity contribution in [3.8, 4) is 28.6 Å². The minimum absolute atomic E-state index is 0.0429. The van der Waals surface area contributed by atoms with Crippen LogP contribution in [0, 0.1) is 5.41 Å². The summed E-state index contributed by atoms with van der Waals surface area (Å²) in [5.74, 6) is -0.142. The molecule has 0 amide bonds. The lowest BCUT2D eigenvalue weighted by Gasteiger charge is -2.35. The number of allylic oxidation sites excluding steroid dienone is 3. The van der Waals surface area contributed by atoms with Gasteiger partial charge in [-0.05, 0) is 60.4 Å². The molecule has 0 N–H and O–H groups in total. The van der Waals surface area contributed by atoms with Gasteiger partial charge in [-0.15, -0.1) is 13.2 Å². The second-order valence-corrected chi connectivity index (χ2v) is 9.10. The van der Waals surface area contributed by atoms with Crippen LogP contribution in [0.5, 0.6) is 5.75 Å². The van der Waals surface area contributed by atoms with Gasteiger partial charge < -0.3 is 9.26 Å². The Morgan fingerprint density at radius 1 is 1.09 bits per heavy atom. The lowest BCUT2D eigenvalue weighted by molar-refractivity contribution is -0.274. The molecule has 3 aromatic rings. The average molecular weight is 469 g/mol. The van der Waals surface area contributed by atoms with Crippen LogP contribution >= 0.6 is 0 Å². The summed E-state index contributed by atoms with van der Waals surface area (Å²) in [7, 11) is 0. The Balaban J connectivity index is 1.58. The summed E-state index contributed by atoms with van der Waals surface area (Å²) in [6.07, 6.45) is 0.617. The Morgan fingerprint density at radius 3 is 2.47 bits per heavy atom. The second kappa shape index (κ2) is 9.12. The van der Waals surface area contributed by atoms with Crippen molar-refractivity contribution < 1.29 is 22.4 Å². The second-order valence-electron chi connectivity index (χ2n) is 9.10. The van der Waals surface area contributed by atoms with Crippen LogP contribution in [0.4, 0.5) is 13.2 Å². The first-order chi connectivity index (χ1) is 16.1. The molecule has 0 radical (unpaired) electrons. The van der Waals surface area contributed by atoms with Crippen molar-refractivity contribution in [1.82, 2.24) is 10.1 Å². The zero-order valence-corrected chi connectivity index (χ0v) is 19.7. The summed E-state index contributed by atoms with van der Waals surface area (Å²) < 4.78 is 47.5. The predicted octanol–water partition coefficient (Wildman–Crippen LogP) is 8.23. The van der Waals surface area contributed by atoms with E-state index in [1.165, 1.54) is 34.9 Å². The van der Waals surface area contributed by atoms with E-state index in [-0.39, 0.29) is 16.9 Å². The molecule has 34 heavy (non-hydrogen) atoms. The van der Waals surface area contributed by atoms with Crippen molar-refractivity contribution in [3.63, 3.8) is 0 Å². The Bertz CT molecular complexity index is 1240. The molecule has 1 aliphatic carbocycles. The molecular formula is C27H27F3N2O2. The van der Waals surface area contributed by atoms with Crippen molar-refractivity contribution in [2.24, 2.45) is 5.41 Å². The van der Waals surface area contributed by atoms with E-state index in [4.69, 9.17) is 4.52 Å². The number of para-hydroxylation sites is 1. The molecule has 0 bridgehead atoms. The summed E-state index contributed by atoms with van der Waals surface area (Å²) in [5.41, 5.74) is 6.33. The number of aromatic nitrogens is 2. The van der Waals surface area contributed by atoms with Crippen LogP contribution in [0.25, 0.3) is 28.9 Å². The quantitative estimate of drug-likeness (QED) is 0.378. The van der Waals surface area contributed by atoms with Gasteiger partial charge in [0.15, 0.2) is 0 Å². The fourth-order valence-electron chi connectivity index (χ4n) is 4.65. The number of hydrogen-bond acceptors (Lipinski definition) is 4. The molecule has 7 heteroatoms. The Morgan fingerprint density at radius 2 is 1.79 bits per heavy atom. The number of halogens is 3. The smallest absolute Gasteiger partial charge is 0.405 e.